The Morgan fingerprint density at radius 1 is 1.61 bits per heavy atom. The molecule has 0 amide bonds. The van der Waals surface area contributed by atoms with Crippen LogP contribution in [0.15, 0.2) is 18.2 Å². The number of esters is 1. The molecule has 0 radical (unpaired) electrons. The second kappa shape index (κ2) is 4.63. The van der Waals surface area contributed by atoms with E-state index in [4.69, 9.17) is 22.2 Å². The van der Waals surface area contributed by atoms with E-state index in [0.29, 0.717) is 10.3 Å². The molecule has 2 rings (SSSR count). The van der Waals surface area contributed by atoms with Crippen LogP contribution in [-0.2, 0) is 9.53 Å². The number of nitrogens with one attached hydrogen (secondary N) is 1. The second-order valence-corrected chi connectivity index (χ2v) is 4.23. The lowest BCUT2D eigenvalue weighted by Crippen LogP contribution is -2.17. The molecular formula is C12H11N3O2S. The lowest BCUT2D eigenvalue weighted by Gasteiger charge is -2.11. The largest absolute Gasteiger partial charge is 0.467 e. The number of nitriles is 1. The number of ether oxygens (including phenoxy) is 1. The summed E-state index contributed by atoms with van der Waals surface area (Å²) in [6.07, 6.45) is 0. The van der Waals surface area contributed by atoms with E-state index in [1.54, 1.807) is 29.7 Å². The average molecular weight is 261 g/mol. The number of nitrogens with zero attached hydrogens (tertiary/aromatic N) is 2. The van der Waals surface area contributed by atoms with Gasteiger partial charge in [-0.3, -0.25) is 0 Å². The number of carbonyl (C=O) groups is 1. The Morgan fingerprint density at radius 3 is 2.94 bits per heavy atom. The minimum Gasteiger partial charge on any atom is -0.467 e. The normalized spacial score (nSPS) is 12.1. The van der Waals surface area contributed by atoms with E-state index in [-0.39, 0.29) is 5.97 Å². The average Bonchev–Trinajstić information content (AvgIpc) is 2.71. The monoisotopic (exact) mass is 261 g/mol. The SMILES string of the molecule is COC(=O)C(C)n1c(=S)[nH]c2ccc(C#N)cc21. The third-order valence-corrected chi connectivity index (χ3v) is 3.08. The number of carbonyl (C=O) groups excluding carboxylic acids is 1. The summed E-state index contributed by atoms with van der Waals surface area (Å²) >= 11 is 5.19. The maximum absolute atomic E-state index is 11.6. The standard InChI is InChI=1S/C12H11N3O2S/c1-7(11(16)17-2)15-10-5-8(6-13)3-4-9(10)14-12(15)18/h3-5,7H,1-2H3,(H,14,18). The minimum atomic E-state index is -0.537. The number of hydrogen-bond acceptors (Lipinski definition) is 4. The summed E-state index contributed by atoms with van der Waals surface area (Å²) in [7, 11) is 1.33. The summed E-state index contributed by atoms with van der Waals surface area (Å²) in [5.74, 6) is -0.380. The van der Waals surface area contributed by atoms with E-state index in [9.17, 15) is 4.79 Å². The predicted octanol–water partition coefficient (Wildman–Crippen LogP) is 2.30. The number of aromatic amines is 1. The van der Waals surface area contributed by atoms with Gasteiger partial charge in [-0.05, 0) is 37.3 Å². The Hall–Kier alpha value is -2.13. The van der Waals surface area contributed by atoms with Gasteiger partial charge in [-0.1, -0.05) is 0 Å². The number of benzene rings is 1. The van der Waals surface area contributed by atoms with Gasteiger partial charge in [-0.2, -0.15) is 5.26 Å². The zero-order chi connectivity index (χ0) is 13.3. The summed E-state index contributed by atoms with van der Waals surface area (Å²) in [6, 6.07) is 6.68. The zero-order valence-corrected chi connectivity index (χ0v) is 10.7. The smallest absolute Gasteiger partial charge is 0.328 e. The van der Waals surface area contributed by atoms with Crippen LogP contribution in [0.4, 0.5) is 0 Å². The van der Waals surface area contributed by atoms with Crippen molar-refractivity contribution in [3.8, 4) is 6.07 Å². The van der Waals surface area contributed by atoms with Crippen molar-refractivity contribution < 1.29 is 9.53 Å². The molecule has 0 aliphatic heterocycles. The molecule has 0 bridgehead atoms. The Morgan fingerprint density at radius 2 is 2.33 bits per heavy atom. The van der Waals surface area contributed by atoms with E-state index in [0.717, 1.165) is 11.0 Å². The van der Waals surface area contributed by atoms with Gasteiger partial charge in [0.15, 0.2) is 4.77 Å². The Labute approximate surface area is 109 Å². The number of aromatic nitrogens is 2. The predicted molar refractivity (Wildman–Crippen MR) is 68.6 cm³/mol. The summed E-state index contributed by atoms with van der Waals surface area (Å²) in [6.45, 7) is 1.70. The van der Waals surface area contributed by atoms with Crippen LogP contribution in [0.5, 0.6) is 0 Å². The zero-order valence-electron chi connectivity index (χ0n) is 9.93. The molecular weight excluding hydrogens is 250 g/mol. The van der Waals surface area contributed by atoms with E-state index in [2.05, 4.69) is 11.1 Å². The molecule has 0 aliphatic rings. The fourth-order valence-corrected chi connectivity index (χ4v) is 2.22. The summed E-state index contributed by atoms with van der Waals surface area (Å²) in [4.78, 5) is 14.6. The first-order valence-corrected chi connectivity index (χ1v) is 5.71. The first kappa shape index (κ1) is 12.3. The van der Waals surface area contributed by atoms with Gasteiger partial charge in [0.2, 0.25) is 0 Å². The number of fused-ring (bicyclic) bond motifs is 1. The van der Waals surface area contributed by atoms with Gasteiger partial charge in [0, 0.05) is 0 Å². The highest BCUT2D eigenvalue weighted by Gasteiger charge is 2.19. The van der Waals surface area contributed by atoms with Crippen molar-refractivity contribution in [1.82, 2.24) is 9.55 Å². The fourth-order valence-electron chi connectivity index (χ4n) is 1.85. The molecule has 0 aliphatic carbocycles. The van der Waals surface area contributed by atoms with Crippen molar-refractivity contribution in [2.24, 2.45) is 0 Å². The van der Waals surface area contributed by atoms with Gasteiger partial charge >= 0.3 is 5.97 Å². The molecule has 1 heterocycles. The molecule has 1 N–H and O–H groups in total. The summed E-state index contributed by atoms with van der Waals surface area (Å²) in [5.41, 5.74) is 2.02. The van der Waals surface area contributed by atoms with Crippen LogP contribution in [0.3, 0.4) is 0 Å². The molecule has 0 spiro atoms. The lowest BCUT2D eigenvalue weighted by molar-refractivity contribution is -0.143. The molecule has 18 heavy (non-hydrogen) atoms. The van der Waals surface area contributed by atoms with Gasteiger partial charge in [-0.25, -0.2) is 4.79 Å². The first-order valence-electron chi connectivity index (χ1n) is 5.30. The summed E-state index contributed by atoms with van der Waals surface area (Å²) in [5, 5.41) is 8.90. The van der Waals surface area contributed by atoms with Crippen molar-refractivity contribution in [2.45, 2.75) is 13.0 Å². The van der Waals surface area contributed by atoms with Gasteiger partial charge in [0.05, 0.1) is 29.8 Å². The van der Waals surface area contributed by atoms with E-state index >= 15 is 0 Å². The molecule has 1 aromatic heterocycles. The quantitative estimate of drug-likeness (QED) is 0.665. The van der Waals surface area contributed by atoms with Crippen molar-refractivity contribution in [1.29, 1.82) is 5.26 Å². The molecule has 1 atom stereocenters. The fraction of sp³-hybridized carbons (Fsp3) is 0.250. The molecule has 1 unspecified atom stereocenters. The number of methoxy groups -OCH3 is 1. The van der Waals surface area contributed by atoms with Crippen LogP contribution in [-0.4, -0.2) is 22.6 Å². The Kier molecular flexibility index (Phi) is 3.17. The van der Waals surface area contributed by atoms with Crippen molar-refractivity contribution in [2.75, 3.05) is 7.11 Å². The Balaban J connectivity index is 2.70. The molecule has 6 heteroatoms. The third kappa shape index (κ3) is 1.89. The maximum atomic E-state index is 11.6. The van der Waals surface area contributed by atoms with E-state index in [1.807, 2.05) is 0 Å². The molecule has 5 nitrogen and oxygen atoms in total. The third-order valence-electron chi connectivity index (χ3n) is 2.78. The number of H-pyrrole nitrogens is 1. The molecule has 92 valence electrons. The maximum Gasteiger partial charge on any atom is 0.328 e. The highest BCUT2D eigenvalue weighted by Crippen LogP contribution is 2.21. The van der Waals surface area contributed by atoms with Crippen LogP contribution < -0.4 is 0 Å². The van der Waals surface area contributed by atoms with Crippen molar-refractivity contribution in [3.63, 3.8) is 0 Å². The summed E-state index contributed by atoms with van der Waals surface area (Å²) < 4.78 is 6.79. The van der Waals surface area contributed by atoms with Gasteiger partial charge in [0.25, 0.3) is 0 Å². The molecule has 0 saturated carbocycles. The highest BCUT2D eigenvalue weighted by atomic mass is 32.1. The van der Waals surface area contributed by atoms with Crippen molar-refractivity contribution in [3.05, 3.63) is 28.5 Å². The topological polar surface area (TPSA) is 70.8 Å². The second-order valence-electron chi connectivity index (χ2n) is 3.84. The van der Waals surface area contributed by atoms with Crippen LogP contribution in [0.2, 0.25) is 0 Å². The van der Waals surface area contributed by atoms with Gasteiger partial charge < -0.3 is 14.3 Å². The first-order chi connectivity index (χ1) is 8.58. The number of hydrogen-bond donors (Lipinski definition) is 1. The molecule has 2 aromatic rings. The van der Waals surface area contributed by atoms with Gasteiger partial charge in [-0.15, -0.1) is 0 Å². The van der Waals surface area contributed by atoms with Crippen LogP contribution in [0.25, 0.3) is 11.0 Å². The number of rotatable bonds is 2. The molecule has 0 saturated heterocycles. The highest BCUT2D eigenvalue weighted by molar-refractivity contribution is 7.71. The van der Waals surface area contributed by atoms with E-state index in [1.165, 1.54) is 7.11 Å². The number of imidazole rings is 1. The lowest BCUT2D eigenvalue weighted by atomic mass is 10.2. The van der Waals surface area contributed by atoms with Gasteiger partial charge in [0.1, 0.15) is 6.04 Å². The van der Waals surface area contributed by atoms with Crippen LogP contribution in [0, 0.1) is 16.1 Å². The van der Waals surface area contributed by atoms with Crippen molar-refractivity contribution >= 4 is 29.2 Å². The minimum absolute atomic E-state index is 0.380. The molecule has 0 fully saturated rings. The van der Waals surface area contributed by atoms with E-state index < -0.39 is 6.04 Å². The Bertz CT molecular complexity index is 708. The van der Waals surface area contributed by atoms with Crippen LogP contribution in [0.1, 0.15) is 18.5 Å². The molecule has 1 aromatic carbocycles. The van der Waals surface area contributed by atoms with Crippen LogP contribution >= 0.6 is 12.2 Å².